The summed E-state index contributed by atoms with van der Waals surface area (Å²) in [5, 5.41) is 27.5. The van der Waals surface area contributed by atoms with Gasteiger partial charge in [-0.15, -0.1) is 0 Å². The lowest BCUT2D eigenvalue weighted by Gasteiger charge is -2.08. The Hall–Kier alpha value is -1.17. The molecule has 3 unspecified atom stereocenters. The Morgan fingerprint density at radius 2 is 2.00 bits per heavy atom. The van der Waals surface area contributed by atoms with Gasteiger partial charge in [-0.3, -0.25) is 0 Å². The molecule has 0 aromatic carbocycles. The van der Waals surface area contributed by atoms with Gasteiger partial charge < -0.3 is 20.1 Å². The zero-order valence-electron chi connectivity index (χ0n) is 9.25. The molecule has 1 aliphatic heterocycles. The second-order valence-corrected chi connectivity index (χ2v) is 3.91. The Kier molecular flexibility index (Phi) is 4.23. The third-order valence-electron chi connectivity index (χ3n) is 2.13. The first-order valence-electron chi connectivity index (χ1n) is 5.09. The van der Waals surface area contributed by atoms with Crippen LogP contribution in [-0.2, 0) is 9.53 Å². The van der Waals surface area contributed by atoms with E-state index >= 15 is 0 Å². The number of carbonyl (C=O) groups excluding carboxylic acids is 1. The second-order valence-electron chi connectivity index (χ2n) is 3.91. The molecule has 0 saturated heterocycles. The van der Waals surface area contributed by atoms with Crippen LogP contribution in [0.3, 0.4) is 0 Å². The fraction of sp³-hybridized carbons (Fsp3) is 0.545. The van der Waals surface area contributed by atoms with E-state index in [0.717, 1.165) is 0 Å². The summed E-state index contributed by atoms with van der Waals surface area (Å²) in [5.41, 5.74) is 0.360. The summed E-state index contributed by atoms with van der Waals surface area (Å²) in [5.74, 6) is -0.320. The van der Waals surface area contributed by atoms with Gasteiger partial charge in [0, 0.05) is 12.0 Å². The third kappa shape index (κ3) is 3.44. The highest BCUT2D eigenvalue weighted by molar-refractivity contribution is 5.92. The lowest BCUT2D eigenvalue weighted by molar-refractivity contribution is -0.133. The molecule has 0 spiro atoms. The van der Waals surface area contributed by atoms with Crippen LogP contribution >= 0.6 is 0 Å². The second kappa shape index (κ2) is 5.25. The van der Waals surface area contributed by atoms with Crippen LogP contribution in [0.5, 0.6) is 0 Å². The van der Waals surface area contributed by atoms with Crippen molar-refractivity contribution in [3.8, 4) is 0 Å². The molecule has 3 atom stereocenters. The lowest BCUT2D eigenvalue weighted by Crippen LogP contribution is -2.20. The third-order valence-corrected chi connectivity index (χ3v) is 2.13. The molecule has 1 aliphatic rings. The zero-order chi connectivity index (χ0) is 12.3. The first kappa shape index (κ1) is 12.9. The Morgan fingerprint density at radius 1 is 1.38 bits per heavy atom. The number of allylic oxidation sites excluding steroid dienone is 1. The average Bonchev–Trinajstić information content (AvgIpc) is 2.45. The normalized spacial score (nSPS) is 23.9. The van der Waals surface area contributed by atoms with E-state index in [1.807, 2.05) is 0 Å². The van der Waals surface area contributed by atoms with E-state index in [2.05, 4.69) is 0 Å². The molecule has 0 saturated carbocycles. The molecule has 0 aromatic heterocycles. The minimum atomic E-state index is -1.08. The molecule has 0 amide bonds. The van der Waals surface area contributed by atoms with Crippen molar-refractivity contribution in [3.63, 3.8) is 0 Å². The van der Waals surface area contributed by atoms with Gasteiger partial charge in [-0.2, -0.15) is 0 Å². The van der Waals surface area contributed by atoms with Gasteiger partial charge in [0.2, 0.25) is 0 Å². The predicted molar refractivity (Wildman–Crippen MR) is 56.2 cm³/mol. The number of hydrogen-bond acceptors (Lipinski definition) is 5. The summed E-state index contributed by atoms with van der Waals surface area (Å²) in [6.07, 6.45) is 0.296. The molecule has 5 heteroatoms. The Morgan fingerprint density at radius 3 is 2.50 bits per heavy atom. The first-order valence-corrected chi connectivity index (χ1v) is 5.09. The fourth-order valence-electron chi connectivity index (χ4n) is 1.28. The Labute approximate surface area is 93.7 Å². The maximum Gasteiger partial charge on any atom is 0.339 e. The van der Waals surface area contributed by atoms with Crippen molar-refractivity contribution in [2.75, 3.05) is 0 Å². The molecular formula is C11H16O5. The molecule has 1 rings (SSSR count). The molecule has 0 radical (unpaired) electrons. The van der Waals surface area contributed by atoms with Gasteiger partial charge in [-0.1, -0.05) is 0 Å². The van der Waals surface area contributed by atoms with Crippen LogP contribution in [0.2, 0.25) is 0 Å². The summed E-state index contributed by atoms with van der Waals surface area (Å²) in [6, 6.07) is 0. The van der Waals surface area contributed by atoms with Crippen molar-refractivity contribution in [2.24, 2.45) is 0 Å². The number of aliphatic hydroxyl groups is 3. The van der Waals surface area contributed by atoms with Crippen LogP contribution in [0.1, 0.15) is 20.3 Å². The SMILES string of the molecule is CC(O)CC1=CC(=CC(O)C(C)O)OC1=O. The molecule has 0 fully saturated rings. The van der Waals surface area contributed by atoms with Crippen LogP contribution in [0.25, 0.3) is 0 Å². The summed E-state index contributed by atoms with van der Waals surface area (Å²) >= 11 is 0. The summed E-state index contributed by atoms with van der Waals surface area (Å²) < 4.78 is 4.84. The molecule has 0 aromatic rings. The number of ether oxygens (including phenoxy) is 1. The number of esters is 1. The van der Waals surface area contributed by atoms with Crippen molar-refractivity contribution < 1.29 is 24.9 Å². The van der Waals surface area contributed by atoms with E-state index in [1.54, 1.807) is 6.92 Å². The van der Waals surface area contributed by atoms with Crippen molar-refractivity contribution in [1.82, 2.24) is 0 Å². The average molecular weight is 228 g/mol. The van der Waals surface area contributed by atoms with Crippen LogP contribution in [-0.4, -0.2) is 39.6 Å². The molecule has 90 valence electrons. The smallest absolute Gasteiger partial charge is 0.339 e. The van der Waals surface area contributed by atoms with Crippen molar-refractivity contribution in [1.29, 1.82) is 0 Å². The number of hydrogen-bond donors (Lipinski definition) is 3. The van der Waals surface area contributed by atoms with Crippen molar-refractivity contribution in [3.05, 3.63) is 23.5 Å². The number of aliphatic hydroxyl groups excluding tert-OH is 3. The number of cyclic esters (lactones) is 1. The van der Waals surface area contributed by atoms with Gasteiger partial charge in [0.1, 0.15) is 11.9 Å². The first-order chi connectivity index (χ1) is 7.40. The monoisotopic (exact) mass is 228 g/mol. The predicted octanol–water partition coefficient (Wildman–Crippen LogP) is -0.134. The highest BCUT2D eigenvalue weighted by Gasteiger charge is 2.23. The summed E-state index contributed by atoms with van der Waals surface area (Å²) in [6.45, 7) is 3.00. The minimum absolute atomic E-state index is 0.203. The molecule has 16 heavy (non-hydrogen) atoms. The van der Waals surface area contributed by atoms with E-state index in [9.17, 15) is 9.90 Å². The van der Waals surface area contributed by atoms with E-state index < -0.39 is 24.3 Å². The standard InChI is InChI=1S/C11H16O5/c1-6(12)3-8-4-9(16-11(8)15)5-10(14)7(2)13/h4-7,10,12-14H,3H2,1-2H3. The van der Waals surface area contributed by atoms with Crippen molar-refractivity contribution >= 4 is 5.97 Å². The Balaban J connectivity index is 2.73. The van der Waals surface area contributed by atoms with E-state index in [-0.39, 0.29) is 12.2 Å². The molecule has 1 heterocycles. The highest BCUT2D eigenvalue weighted by atomic mass is 16.5. The number of rotatable bonds is 4. The quantitative estimate of drug-likeness (QED) is 0.583. The molecule has 0 bridgehead atoms. The maximum absolute atomic E-state index is 11.3. The topological polar surface area (TPSA) is 87.0 Å². The molecule has 0 aliphatic carbocycles. The van der Waals surface area contributed by atoms with Gasteiger partial charge in [0.05, 0.1) is 12.2 Å². The lowest BCUT2D eigenvalue weighted by atomic mass is 10.1. The van der Waals surface area contributed by atoms with Crippen LogP contribution in [0.15, 0.2) is 23.5 Å². The molecule has 5 nitrogen and oxygen atoms in total. The van der Waals surface area contributed by atoms with Gasteiger partial charge in [0.15, 0.2) is 0 Å². The Bertz CT molecular complexity index is 327. The maximum atomic E-state index is 11.3. The zero-order valence-corrected chi connectivity index (χ0v) is 9.25. The van der Waals surface area contributed by atoms with E-state index in [0.29, 0.717) is 5.57 Å². The molecule has 3 N–H and O–H groups in total. The van der Waals surface area contributed by atoms with E-state index in [1.165, 1.54) is 19.1 Å². The molecular weight excluding hydrogens is 212 g/mol. The highest BCUT2D eigenvalue weighted by Crippen LogP contribution is 2.21. The summed E-state index contributed by atoms with van der Waals surface area (Å²) in [4.78, 5) is 11.3. The van der Waals surface area contributed by atoms with Crippen LogP contribution in [0.4, 0.5) is 0 Å². The van der Waals surface area contributed by atoms with Crippen LogP contribution < -0.4 is 0 Å². The number of carbonyl (C=O) groups is 1. The van der Waals surface area contributed by atoms with Gasteiger partial charge in [0.25, 0.3) is 0 Å². The van der Waals surface area contributed by atoms with Gasteiger partial charge in [-0.25, -0.2) is 4.79 Å². The van der Waals surface area contributed by atoms with Crippen LogP contribution in [0, 0.1) is 0 Å². The summed E-state index contributed by atoms with van der Waals surface area (Å²) in [7, 11) is 0. The largest absolute Gasteiger partial charge is 0.423 e. The van der Waals surface area contributed by atoms with Crippen molar-refractivity contribution in [2.45, 2.75) is 38.6 Å². The minimum Gasteiger partial charge on any atom is -0.423 e. The van der Waals surface area contributed by atoms with Gasteiger partial charge >= 0.3 is 5.97 Å². The van der Waals surface area contributed by atoms with Gasteiger partial charge in [-0.05, 0) is 26.0 Å². The van der Waals surface area contributed by atoms with E-state index in [4.69, 9.17) is 14.9 Å². The fourth-order valence-corrected chi connectivity index (χ4v) is 1.28.